The van der Waals surface area contributed by atoms with Crippen LogP contribution in [0.25, 0.3) is 0 Å². The van der Waals surface area contributed by atoms with Crippen molar-refractivity contribution in [2.75, 3.05) is 11.9 Å². The van der Waals surface area contributed by atoms with Gasteiger partial charge in [-0.1, -0.05) is 19.1 Å². The van der Waals surface area contributed by atoms with Crippen LogP contribution in [-0.2, 0) is 11.2 Å². The first-order valence-electron chi connectivity index (χ1n) is 6.80. The highest BCUT2D eigenvalue weighted by atomic mass is 16.3. The van der Waals surface area contributed by atoms with E-state index in [2.05, 4.69) is 24.5 Å². The van der Waals surface area contributed by atoms with Crippen LogP contribution in [0.2, 0.25) is 0 Å². The molecule has 0 aliphatic carbocycles. The maximum absolute atomic E-state index is 11.8. The summed E-state index contributed by atoms with van der Waals surface area (Å²) >= 11 is 0. The molecule has 1 unspecified atom stereocenters. The maximum atomic E-state index is 11.8. The highest BCUT2D eigenvalue weighted by Gasteiger charge is 2.09. The molecule has 0 saturated heterocycles. The van der Waals surface area contributed by atoms with E-state index in [1.54, 1.807) is 0 Å². The number of rotatable bonds is 7. The van der Waals surface area contributed by atoms with Crippen molar-refractivity contribution in [2.24, 2.45) is 0 Å². The van der Waals surface area contributed by atoms with Crippen LogP contribution in [0.3, 0.4) is 0 Å². The van der Waals surface area contributed by atoms with Gasteiger partial charge in [0, 0.05) is 11.7 Å². The second kappa shape index (κ2) is 7.79. The van der Waals surface area contributed by atoms with E-state index in [-0.39, 0.29) is 18.6 Å². The molecular formula is C15H24N2O2. The van der Waals surface area contributed by atoms with Crippen LogP contribution in [0.4, 0.5) is 5.69 Å². The smallest absolute Gasteiger partial charge is 0.224 e. The van der Waals surface area contributed by atoms with E-state index in [1.807, 2.05) is 31.2 Å². The number of amides is 1. The fourth-order valence-electron chi connectivity index (χ4n) is 1.79. The Morgan fingerprint density at radius 1 is 1.26 bits per heavy atom. The Kier molecular flexibility index (Phi) is 6.36. The lowest BCUT2D eigenvalue weighted by Gasteiger charge is -2.14. The van der Waals surface area contributed by atoms with Crippen LogP contribution in [0.1, 0.15) is 32.8 Å². The lowest BCUT2D eigenvalue weighted by molar-refractivity contribution is -0.121. The molecule has 0 aromatic heterocycles. The first-order valence-corrected chi connectivity index (χ1v) is 6.80. The molecule has 0 fully saturated rings. The average Bonchev–Trinajstić information content (AvgIpc) is 2.37. The largest absolute Gasteiger partial charge is 0.394 e. The summed E-state index contributed by atoms with van der Waals surface area (Å²) in [6.07, 6.45) is 1.08. The molecule has 1 aromatic rings. The van der Waals surface area contributed by atoms with Crippen LogP contribution in [-0.4, -0.2) is 29.7 Å². The van der Waals surface area contributed by atoms with Gasteiger partial charge in [-0.25, -0.2) is 0 Å². The van der Waals surface area contributed by atoms with Crippen molar-refractivity contribution in [3.63, 3.8) is 0 Å². The predicted molar refractivity (Wildman–Crippen MR) is 78.2 cm³/mol. The molecule has 0 heterocycles. The quantitative estimate of drug-likeness (QED) is 0.705. The van der Waals surface area contributed by atoms with E-state index in [9.17, 15) is 4.79 Å². The monoisotopic (exact) mass is 264 g/mol. The standard InChI is InChI=1S/C15H24N2O2/c1-4-13(10-18)17-15(19)9-12-5-7-14(8-6-12)16-11(2)3/h5-8,11,13,16,18H,4,9-10H2,1-3H3,(H,17,19). The molecule has 106 valence electrons. The lowest BCUT2D eigenvalue weighted by atomic mass is 10.1. The summed E-state index contributed by atoms with van der Waals surface area (Å²) in [7, 11) is 0. The zero-order chi connectivity index (χ0) is 14.3. The molecule has 4 nitrogen and oxygen atoms in total. The second-order valence-electron chi connectivity index (χ2n) is 5.03. The van der Waals surface area contributed by atoms with E-state index in [0.717, 1.165) is 17.7 Å². The van der Waals surface area contributed by atoms with Crippen molar-refractivity contribution in [1.82, 2.24) is 5.32 Å². The van der Waals surface area contributed by atoms with E-state index < -0.39 is 0 Å². The molecule has 0 bridgehead atoms. The topological polar surface area (TPSA) is 61.4 Å². The highest BCUT2D eigenvalue weighted by molar-refractivity contribution is 5.79. The highest BCUT2D eigenvalue weighted by Crippen LogP contribution is 2.11. The summed E-state index contributed by atoms with van der Waals surface area (Å²) in [5.41, 5.74) is 2.03. The zero-order valence-electron chi connectivity index (χ0n) is 11.9. The molecule has 0 saturated carbocycles. The van der Waals surface area contributed by atoms with Crippen molar-refractivity contribution in [3.8, 4) is 0 Å². The third-order valence-electron chi connectivity index (χ3n) is 2.85. The Labute approximate surface area is 115 Å². The van der Waals surface area contributed by atoms with Gasteiger partial charge in [-0.05, 0) is 38.0 Å². The van der Waals surface area contributed by atoms with Crippen LogP contribution in [0.15, 0.2) is 24.3 Å². The molecule has 1 amide bonds. The predicted octanol–water partition coefficient (Wildman–Crippen LogP) is 1.94. The molecule has 4 heteroatoms. The fourth-order valence-corrected chi connectivity index (χ4v) is 1.79. The Balaban J connectivity index is 2.50. The third-order valence-corrected chi connectivity index (χ3v) is 2.85. The fraction of sp³-hybridized carbons (Fsp3) is 0.533. The van der Waals surface area contributed by atoms with Crippen LogP contribution in [0.5, 0.6) is 0 Å². The van der Waals surface area contributed by atoms with E-state index >= 15 is 0 Å². The van der Waals surface area contributed by atoms with E-state index in [1.165, 1.54) is 0 Å². The molecule has 0 aliphatic rings. The van der Waals surface area contributed by atoms with Crippen LogP contribution < -0.4 is 10.6 Å². The number of benzene rings is 1. The van der Waals surface area contributed by atoms with Gasteiger partial charge < -0.3 is 15.7 Å². The number of anilines is 1. The molecule has 1 aromatic carbocycles. The molecule has 0 aliphatic heterocycles. The summed E-state index contributed by atoms with van der Waals surface area (Å²) in [6, 6.07) is 8.10. The van der Waals surface area contributed by atoms with Crippen molar-refractivity contribution in [3.05, 3.63) is 29.8 Å². The number of aliphatic hydroxyl groups excluding tert-OH is 1. The van der Waals surface area contributed by atoms with Gasteiger partial charge in [0.15, 0.2) is 0 Å². The van der Waals surface area contributed by atoms with E-state index in [0.29, 0.717) is 12.5 Å². The van der Waals surface area contributed by atoms with Gasteiger partial charge in [-0.2, -0.15) is 0 Å². The summed E-state index contributed by atoms with van der Waals surface area (Å²) in [6.45, 7) is 6.09. The van der Waals surface area contributed by atoms with Gasteiger partial charge in [0.1, 0.15) is 0 Å². The summed E-state index contributed by atoms with van der Waals surface area (Å²) in [5.74, 6) is -0.0505. The molecule has 1 atom stereocenters. The lowest BCUT2D eigenvalue weighted by Crippen LogP contribution is -2.37. The number of carbonyl (C=O) groups excluding carboxylic acids is 1. The van der Waals surface area contributed by atoms with Gasteiger partial charge in [0.2, 0.25) is 5.91 Å². The average molecular weight is 264 g/mol. The number of hydrogen-bond donors (Lipinski definition) is 3. The van der Waals surface area contributed by atoms with Gasteiger partial charge >= 0.3 is 0 Å². The molecule has 0 radical (unpaired) electrons. The van der Waals surface area contributed by atoms with Gasteiger partial charge in [0.25, 0.3) is 0 Å². The van der Waals surface area contributed by atoms with Gasteiger partial charge in [-0.3, -0.25) is 4.79 Å². The minimum absolute atomic E-state index is 0.0144. The normalized spacial score (nSPS) is 12.3. The van der Waals surface area contributed by atoms with Crippen LogP contribution >= 0.6 is 0 Å². The first kappa shape index (κ1) is 15.5. The minimum Gasteiger partial charge on any atom is -0.394 e. The molecule has 0 spiro atoms. The first-order chi connectivity index (χ1) is 9.05. The molecule has 1 rings (SSSR count). The third kappa shape index (κ3) is 5.75. The van der Waals surface area contributed by atoms with Crippen molar-refractivity contribution in [2.45, 2.75) is 45.7 Å². The van der Waals surface area contributed by atoms with Crippen molar-refractivity contribution >= 4 is 11.6 Å². The molecule has 19 heavy (non-hydrogen) atoms. The van der Waals surface area contributed by atoms with Crippen molar-refractivity contribution in [1.29, 1.82) is 0 Å². The zero-order valence-corrected chi connectivity index (χ0v) is 11.9. The Morgan fingerprint density at radius 3 is 2.37 bits per heavy atom. The van der Waals surface area contributed by atoms with Gasteiger partial charge in [-0.15, -0.1) is 0 Å². The number of nitrogens with one attached hydrogen (secondary N) is 2. The Hall–Kier alpha value is -1.55. The maximum Gasteiger partial charge on any atom is 0.224 e. The number of aliphatic hydroxyl groups is 1. The Morgan fingerprint density at radius 2 is 1.89 bits per heavy atom. The summed E-state index contributed by atoms with van der Waals surface area (Å²) in [4.78, 5) is 11.8. The SMILES string of the molecule is CCC(CO)NC(=O)Cc1ccc(NC(C)C)cc1. The number of carbonyl (C=O) groups is 1. The Bertz CT molecular complexity index is 384. The van der Waals surface area contributed by atoms with E-state index in [4.69, 9.17) is 5.11 Å². The molecule has 3 N–H and O–H groups in total. The van der Waals surface area contributed by atoms with Crippen LogP contribution in [0, 0.1) is 0 Å². The minimum atomic E-state index is -0.144. The molecular weight excluding hydrogens is 240 g/mol. The second-order valence-corrected chi connectivity index (χ2v) is 5.03. The summed E-state index contributed by atoms with van der Waals surface area (Å²) < 4.78 is 0. The summed E-state index contributed by atoms with van der Waals surface area (Å²) in [5, 5.41) is 15.1. The van der Waals surface area contributed by atoms with Gasteiger partial charge in [0.05, 0.1) is 19.1 Å². The van der Waals surface area contributed by atoms with Crippen molar-refractivity contribution < 1.29 is 9.90 Å². The number of hydrogen-bond acceptors (Lipinski definition) is 3.